The molecule has 119 heavy (non-hydrogen) atoms. The molecule has 5 heterocycles. The summed E-state index contributed by atoms with van der Waals surface area (Å²) in [4.78, 5) is 167. The number of carbonyl (C=O) groups excluding carboxylic acids is 9. The summed E-state index contributed by atoms with van der Waals surface area (Å²) in [6, 6.07) is 21.4. The number of alkyl carbamates (subject to hydrolysis) is 1. The van der Waals surface area contributed by atoms with Crippen LogP contribution in [0, 0.1) is 18.7 Å². The number of halogens is 1. The van der Waals surface area contributed by atoms with Crippen LogP contribution in [0.3, 0.4) is 0 Å². The van der Waals surface area contributed by atoms with E-state index in [4.69, 9.17) is 33.4 Å². The molecule has 1 aliphatic carbocycles. The third-order valence-corrected chi connectivity index (χ3v) is 21.9. The Morgan fingerprint density at radius 3 is 2.06 bits per heavy atom. The third-order valence-electron chi connectivity index (χ3n) is 20.5. The summed E-state index contributed by atoms with van der Waals surface area (Å²) in [5.74, 6) is -8.39. The number of ether oxygens (including phenoxy) is 6. The number of carboxylic acids is 2. The lowest BCUT2D eigenvalue weighted by Crippen LogP contribution is -2.57. The van der Waals surface area contributed by atoms with Crippen molar-refractivity contribution in [2.75, 3.05) is 79.9 Å². The van der Waals surface area contributed by atoms with Crippen LogP contribution in [0.2, 0.25) is 0 Å². The zero-order valence-corrected chi connectivity index (χ0v) is 66.8. The van der Waals surface area contributed by atoms with Crippen molar-refractivity contribution in [3.8, 4) is 11.4 Å². The first-order valence-electron chi connectivity index (χ1n) is 38.9. The molecule has 0 spiro atoms. The molecule has 6 atom stereocenters. The highest BCUT2D eigenvalue weighted by atomic mass is 32.2. The van der Waals surface area contributed by atoms with E-state index in [1.165, 1.54) is 89.5 Å². The second kappa shape index (κ2) is 39.6. The number of cyclic esters (lactones) is 1. The largest absolute Gasteiger partial charge is 0.481 e. The molecule has 11 rings (SSSR count). The number of benzene rings is 5. The number of sulfonamides is 1. The van der Waals surface area contributed by atoms with Gasteiger partial charge in [-0.05, 0) is 140 Å². The van der Waals surface area contributed by atoms with Crippen LogP contribution < -0.4 is 58.1 Å². The van der Waals surface area contributed by atoms with Crippen molar-refractivity contribution in [1.82, 2.24) is 46.4 Å². The number of aromatic nitrogens is 2. The Kier molecular flexibility index (Phi) is 29.0. The van der Waals surface area contributed by atoms with Crippen molar-refractivity contribution in [1.29, 1.82) is 0 Å². The van der Waals surface area contributed by atoms with Crippen LogP contribution in [0.4, 0.5) is 46.3 Å². The molecule has 5 aromatic carbocycles. The average Bonchev–Trinajstić information content (AvgIpc) is 1.59. The zero-order chi connectivity index (χ0) is 85.2. The number of urea groups is 3. The van der Waals surface area contributed by atoms with Gasteiger partial charge in [-0.15, -0.1) is 0 Å². The van der Waals surface area contributed by atoms with E-state index >= 15 is 4.39 Å². The van der Waals surface area contributed by atoms with E-state index in [2.05, 4.69) is 52.6 Å². The number of fused-ring (bicyclic) bond motifs is 5. The number of amides is 10. The van der Waals surface area contributed by atoms with E-state index < -0.39 is 148 Å². The van der Waals surface area contributed by atoms with Crippen molar-refractivity contribution in [2.24, 2.45) is 5.92 Å². The van der Waals surface area contributed by atoms with Crippen molar-refractivity contribution in [2.45, 2.75) is 153 Å². The first kappa shape index (κ1) is 87.2. The molecule has 0 unspecified atom stereocenters. The molecule has 3 aliphatic heterocycles. The summed E-state index contributed by atoms with van der Waals surface area (Å²) in [6.07, 6.45) is -0.806. The number of hydrogen-bond donors (Lipinski definition) is 12. The molecule has 2 aromatic heterocycles. The van der Waals surface area contributed by atoms with Crippen LogP contribution >= 0.6 is 0 Å². The maximum absolute atomic E-state index is 15.8. The van der Waals surface area contributed by atoms with Gasteiger partial charge in [0, 0.05) is 71.4 Å². The number of carboxylic acid groups (broad SMARTS) is 2. The number of aryl methyl sites for hydroxylation is 1. The molecule has 7 aromatic rings. The highest BCUT2D eigenvalue weighted by Gasteiger charge is 2.52. The lowest BCUT2D eigenvalue weighted by Gasteiger charge is -2.37. The number of pyridine rings is 2. The highest BCUT2D eigenvalue weighted by Crippen LogP contribution is 2.47. The summed E-state index contributed by atoms with van der Waals surface area (Å²) in [6.45, 7) is 8.69. The van der Waals surface area contributed by atoms with Crippen molar-refractivity contribution in [3.05, 3.63) is 176 Å². The fourth-order valence-corrected chi connectivity index (χ4v) is 15.7. The zero-order valence-electron chi connectivity index (χ0n) is 66.0. The van der Waals surface area contributed by atoms with Crippen LogP contribution in [0.25, 0.3) is 22.3 Å². The highest BCUT2D eigenvalue weighted by molar-refractivity contribution is 7.92. The Balaban J connectivity index is 0.598. The first-order chi connectivity index (χ1) is 57.0. The molecule has 1 saturated heterocycles. The molecule has 35 nitrogen and oxygen atoms in total. The second-order valence-corrected chi connectivity index (χ2v) is 30.8. The third kappa shape index (κ3) is 21.6. The minimum Gasteiger partial charge on any atom is -0.481 e. The Hall–Kier alpha value is -12.6. The van der Waals surface area contributed by atoms with Crippen LogP contribution in [0.1, 0.15) is 136 Å². The number of esters is 2. The van der Waals surface area contributed by atoms with Gasteiger partial charge in [0.1, 0.15) is 37.2 Å². The molecule has 0 saturated carbocycles. The minimum absolute atomic E-state index is 0.0000689. The van der Waals surface area contributed by atoms with Crippen LogP contribution in [0.5, 0.6) is 0 Å². The number of anilines is 4. The summed E-state index contributed by atoms with van der Waals surface area (Å²) in [5, 5.41) is 44.1. The SMILES string of the molecule is CCCNC(=O)Nc1cccc(S(=O)(=O)Nc2cccc([C@@H](CC(=O)O)NC(=O)Nc3ccc(NC(=O)NCCOCCOCCOCCC(=O)N[C@@H](CC(=O)O)C(=O)N4CCC[C@H]4C(=O)N[C@H](C(=O)O[C@]4(CC)C(=O)OCc5c4cc4n(c5=O)Cc5c-4nc4cc(F)c(C)c6c4c5[C@@H](NC(=O)OCc4ccccc4)CC6)C(C)C)cc3)c2)c1. The Morgan fingerprint density at radius 2 is 1.37 bits per heavy atom. The van der Waals surface area contributed by atoms with Gasteiger partial charge in [0.15, 0.2) is 0 Å². The summed E-state index contributed by atoms with van der Waals surface area (Å²) >= 11 is 0. The van der Waals surface area contributed by atoms with Gasteiger partial charge in [0.05, 0.1) is 98.5 Å². The van der Waals surface area contributed by atoms with Gasteiger partial charge in [-0.3, -0.25) is 33.5 Å². The second-order valence-electron chi connectivity index (χ2n) is 29.1. The monoisotopic (exact) mass is 1660 g/mol. The number of nitrogens with one attached hydrogen (secondary N) is 10. The number of carbonyl (C=O) groups is 11. The summed E-state index contributed by atoms with van der Waals surface area (Å²) in [7, 11) is -4.20. The van der Waals surface area contributed by atoms with E-state index in [0.29, 0.717) is 59.1 Å². The fourth-order valence-electron chi connectivity index (χ4n) is 14.6. The first-order valence-corrected chi connectivity index (χ1v) is 40.4. The van der Waals surface area contributed by atoms with Gasteiger partial charge in [-0.1, -0.05) is 76.2 Å². The molecule has 10 amide bonds. The molecule has 0 radical (unpaired) electrons. The van der Waals surface area contributed by atoms with E-state index in [1.807, 2.05) is 37.3 Å². The molecule has 632 valence electrons. The molecule has 4 aliphatic rings. The normalized spacial score (nSPS) is 16.4. The quantitative estimate of drug-likeness (QED) is 0.00995. The maximum Gasteiger partial charge on any atom is 0.407 e. The number of nitrogens with zero attached hydrogens (tertiary/aromatic N) is 3. The predicted molar refractivity (Wildman–Crippen MR) is 428 cm³/mol. The molecular formula is C82H94FN13O22S. The van der Waals surface area contributed by atoms with E-state index in [9.17, 15) is 76.2 Å². The Labute approximate surface area is 682 Å². The molecule has 37 heteroatoms. The Bertz CT molecular complexity index is 5190. The minimum atomic E-state index is -4.20. The van der Waals surface area contributed by atoms with Gasteiger partial charge in [0.2, 0.25) is 23.3 Å². The number of aliphatic carboxylic acids is 2. The van der Waals surface area contributed by atoms with Crippen molar-refractivity contribution < 1.29 is 104 Å². The smallest absolute Gasteiger partial charge is 0.407 e. The maximum atomic E-state index is 15.8. The topological polar surface area (TPSA) is 476 Å². The van der Waals surface area contributed by atoms with Gasteiger partial charge in [-0.2, -0.15) is 0 Å². The van der Waals surface area contributed by atoms with Crippen LogP contribution in [0.15, 0.2) is 125 Å². The fraction of sp³-hybridized carbons (Fsp3) is 0.402. The Morgan fingerprint density at radius 1 is 0.706 bits per heavy atom. The standard InChI is InChI=1S/C82H94FN13O22S/c1-6-28-84-78(107)88-52-17-12-19-54(38-52)119(111,112)94-53-18-11-16-49(37-53)61(41-67(98)99)91-80(109)87-51-23-21-50(22-24-51)86-79(108)85-29-32-114-34-36-115-35-33-113-31-27-66(97)89-63(42-68(100)101)75(104)95-30-13-20-64(95)73(102)93-71(46(3)4)76(105)118-82(7-2)58-39-65-72-56(43-96(65)74(103)57(58)45-116-77(82)106)70-60(92-81(110)117-44-48-14-9-8-10-15-48)26-25-55-47(5)59(83)40-62(90-72)69(55)70/h8-12,14-19,21-24,37-40,46,60-61,63-64,71,94H,6-7,13,20,25-36,41-45H2,1-5H3,(H,89,97)(H,92,110)(H,93,102)(H,98,99)(H,100,101)(H2,84,88,107)(H2,85,86,108)(H2,87,91,109)/t60-,61+,63-,64-,71-,82-/m0/s1. The van der Waals surface area contributed by atoms with Gasteiger partial charge in [0.25, 0.3) is 15.6 Å². The lowest BCUT2D eigenvalue weighted by molar-refractivity contribution is -0.191. The average molecular weight is 1660 g/mol. The van der Waals surface area contributed by atoms with E-state index in [-0.39, 0.29) is 147 Å². The summed E-state index contributed by atoms with van der Waals surface area (Å²) in [5.41, 5.74) is 2.25. The lowest BCUT2D eigenvalue weighted by atomic mass is 9.81. The molecule has 0 bridgehead atoms. The number of rotatable bonds is 37. The van der Waals surface area contributed by atoms with Crippen LogP contribution in [-0.2, 0) is 104 Å². The van der Waals surface area contributed by atoms with Crippen molar-refractivity contribution in [3.63, 3.8) is 0 Å². The van der Waals surface area contributed by atoms with Gasteiger partial charge >= 0.3 is 48.1 Å². The number of hydrogen-bond acceptors (Lipinski definition) is 21. The van der Waals surface area contributed by atoms with E-state index in [1.54, 1.807) is 27.7 Å². The van der Waals surface area contributed by atoms with Crippen LogP contribution in [-0.4, -0.2) is 176 Å². The van der Waals surface area contributed by atoms with Gasteiger partial charge in [-0.25, -0.2) is 46.6 Å². The summed E-state index contributed by atoms with van der Waals surface area (Å²) < 4.78 is 80.5. The van der Waals surface area contributed by atoms with Crippen molar-refractivity contribution >= 4 is 109 Å². The molecule has 12 N–H and O–H groups in total. The molecular weight excluding hydrogens is 1570 g/mol. The number of likely N-dealkylation sites (tertiary alicyclic amines) is 1. The van der Waals surface area contributed by atoms with E-state index in [0.717, 1.165) is 10.5 Å². The molecule has 1 fully saturated rings. The van der Waals surface area contributed by atoms with Gasteiger partial charge < -0.3 is 96.0 Å². The predicted octanol–water partition coefficient (Wildman–Crippen LogP) is 8.01.